The van der Waals surface area contributed by atoms with Gasteiger partial charge in [-0.05, 0) is 36.6 Å². The maximum atomic E-state index is 13.7. The van der Waals surface area contributed by atoms with Crippen molar-refractivity contribution in [3.8, 4) is 0 Å². The van der Waals surface area contributed by atoms with Crippen molar-refractivity contribution in [2.24, 2.45) is 0 Å². The lowest BCUT2D eigenvalue weighted by atomic mass is 9.74. The van der Waals surface area contributed by atoms with Crippen LogP contribution in [-0.2, 0) is 10.2 Å². The van der Waals surface area contributed by atoms with Gasteiger partial charge in [0.15, 0.2) is 0 Å². The SMILES string of the molecule is Nc1c(C(=O)NCC2(c3cccc(Cl)c3)CCOCC2)cc(F)cc1[N+](=O)[O-]. The zero-order valence-electron chi connectivity index (χ0n) is 14.9. The summed E-state index contributed by atoms with van der Waals surface area (Å²) in [4.78, 5) is 22.8. The summed E-state index contributed by atoms with van der Waals surface area (Å²) in [7, 11) is 0. The minimum absolute atomic E-state index is 0.235. The predicted octanol–water partition coefficient (Wildman–Crippen LogP) is 3.45. The van der Waals surface area contributed by atoms with E-state index in [1.54, 1.807) is 6.07 Å². The van der Waals surface area contributed by atoms with Crippen LogP contribution in [0.25, 0.3) is 0 Å². The molecular weight excluding hydrogens is 389 g/mol. The Bertz CT molecular complexity index is 916. The minimum Gasteiger partial charge on any atom is -0.393 e. The summed E-state index contributed by atoms with van der Waals surface area (Å²) in [6.07, 6.45) is 1.32. The number of amides is 1. The van der Waals surface area contributed by atoms with Crippen molar-refractivity contribution >= 4 is 28.9 Å². The number of benzene rings is 2. The molecule has 3 rings (SSSR count). The average Bonchev–Trinajstić information content (AvgIpc) is 2.68. The molecule has 1 amide bonds. The van der Waals surface area contributed by atoms with Crippen LogP contribution in [0.15, 0.2) is 36.4 Å². The summed E-state index contributed by atoms with van der Waals surface area (Å²) in [5.41, 5.74) is 5.00. The predicted molar refractivity (Wildman–Crippen MR) is 103 cm³/mol. The van der Waals surface area contributed by atoms with E-state index in [-0.39, 0.29) is 17.8 Å². The fraction of sp³-hybridized carbons (Fsp3) is 0.316. The second kappa shape index (κ2) is 8.12. The van der Waals surface area contributed by atoms with Crippen LogP contribution < -0.4 is 11.1 Å². The van der Waals surface area contributed by atoms with Crippen LogP contribution in [0, 0.1) is 15.9 Å². The van der Waals surface area contributed by atoms with Crippen molar-refractivity contribution in [2.75, 3.05) is 25.5 Å². The Morgan fingerprint density at radius 3 is 2.68 bits per heavy atom. The first-order chi connectivity index (χ1) is 13.3. The van der Waals surface area contributed by atoms with E-state index in [0.717, 1.165) is 11.6 Å². The summed E-state index contributed by atoms with van der Waals surface area (Å²) in [6.45, 7) is 1.28. The Kier molecular flexibility index (Phi) is 5.81. The molecule has 0 radical (unpaired) electrons. The van der Waals surface area contributed by atoms with Gasteiger partial charge in [-0.25, -0.2) is 4.39 Å². The van der Waals surface area contributed by atoms with Gasteiger partial charge in [0.2, 0.25) is 0 Å². The number of nitrogens with zero attached hydrogens (tertiary/aromatic N) is 1. The van der Waals surface area contributed by atoms with Gasteiger partial charge in [-0.15, -0.1) is 0 Å². The van der Waals surface area contributed by atoms with Crippen molar-refractivity contribution in [1.82, 2.24) is 5.32 Å². The lowest BCUT2D eigenvalue weighted by Gasteiger charge is -2.38. The molecule has 0 aliphatic carbocycles. The normalized spacial score (nSPS) is 15.8. The molecular formula is C19H19ClFN3O4. The first-order valence-electron chi connectivity index (χ1n) is 8.68. The Hall–Kier alpha value is -2.71. The second-order valence-corrected chi connectivity index (χ2v) is 7.17. The molecule has 3 N–H and O–H groups in total. The first-order valence-corrected chi connectivity index (χ1v) is 9.06. The fourth-order valence-electron chi connectivity index (χ4n) is 3.44. The quantitative estimate of drug-likeness (QED) is 0.448. The highest BCUT2D eigenvalue weighted by atomic mass is 35.5. The molecule has 28 heavy (non-hydrogen) atoms. The van der Waals surface area contributed by atoms with Crippen LogP contribution in [0.5, 0.6) is 0 Å². The van der Waals surface area contributed by atoms with Gasteiger partial charge < -0.3 is 15.8 Å². The van der Waals surface area contributed by atoms with Crippen molar-refractivity contribution in [1.29, 1.82) is 0 Å². The smallest absolute Gasteiger partial charge is 0.295 e. The monoisotopic (exact) mass is 407 g/mol. The van der Waals surface area contributed by atoms with Crippen molar-refractivity contribution < 1.29 is 18.8 Å². The highest BCUT2D eigenvalue weighted by Crippen LogP contribution is 2.36. The fourth-order valence-corrected chi connectivity index (χ4v) is 3.63. The standard InChI is InChI=1S/C19H19ClFN3O4/c20-13-3-1-2-12(8-13)19(4-6-28-7-5-19)11-23-18(25)15-9-14(21)10-16(17(15)22)24(26)27/h1-3,8-10H,4-7,11,22H2,(H,23,25). The van der Waals surface area contributed by atoms with Gasteiger partial charge in [-0.2, -0.15) is 0 Å². The van der Waals surface area contributed by atoms with E-state index >= 15 is 0 Å². The number of nitrogen functional groups attached to an aromatic ring is 1. The summed E-state index contributed by atoms with van der Waals surface area (Å²) >= 11 is 6.13. The van der Waals surface area contributed by atoms with Gasteiger partial charge in [0.05, 0.1) is 16.6 Å². The number of carbonyl (C=O) groups excluding carboxylic acids is 1. The molecule has 1 heterocycles. The molecule has 2 aromatic rings. The van der Waals surface area contributed by atoms with E-state index in [4.69, 9.17) is 22.1 Å². The first kappa shape index (κ1) is 20.0. The number of nitrogens with one attached hydrogen (secondary N) is 1. The van der Waals surface area contributed by atoms with Crippen LogP contribution in [-0.4, -0.2) is 30.6 Å². The number of nitro benzene ring substituents is 1. The molecule has 0 bridgehead atoms. The van der Waals surface area contributed by atoms with Gasteiger partial charge >= 0.3 is 0 Å². The second-order valence-electron chi connectivity index (χ2n) is 6.73. The van der Waals surface area contributed by atoms with Crippen molar-refractivity contribution in [3.63, 3.8) is 0 Å². The summed E-state index contributed by atoms with van der Waals surface area (Å²) < 4.78 is 19.2. The van der Waals surface area contributed by atoms with Crippen LogP contribution in [0.2, 0.25) is 5.02 Å². The molecule has 9 heteroatoms. The topological polar surface area (TPSA) is 107 Å². The van der Waals surface area contributed by atoms with E-state index in [0.29, 0.717) is 37.1 Å². The molecule has 1 aliphatic rings. The number of halogens is 2. The Morgan fingerprint density at radius 1 is 1.32 bits per heavy atom. The molecule has 1 saturated heterocycles. The van der Waals surface area contributed by atoms with Crippen molar-refractivity contribution in [2.45, 2.75) is 18.3 Å². The highest BCUT2D eigenvalue weighted by molar-refractivity contribution is 6.30. The number of rotatable bonds is 5. The third-order valence-corrected chi connectivity index (χ3v) is 5.27. The van der Waals surface area contributed by atoms with Gasteiger partial charge in [0.1, 0.15) is 11.5 Å². The summed E-state index contributed by atoms with van der Waals surface area (Å²) in [6, 6.07) is 8.98. The van der Waals surface area contributed by atoms with Gasteiger partial charge in [-0.1, -0.05) is 23.7 Å². The van der Waals surface area contributed by atoms with Crippen molar-refractivity contribution in [3.05, 3.63) is 68.5 Å². The Balaban J connectivity index is 1.86. The maximum absolute atomic E-state index is 13.7. The number of nitrogens with two attached hydrogens (primary N) is 1. The number of hydrogen-bond donors (Lipinski definition) is 2. The Morgan fingerprint density at radius 2 is 2.04 bits per heavy atom. The van der Waals surface area contributed by atoms with Gasteiger partial charge in [0, 0.05) is 30.2 Å². The van der Waals surface area contributed by atoms with E-state index in [9.17, 15) is 19.3 Å². The van der Waals surface area contributed by atoms with Crippen LogP contribution in [0.3, 0.4) is 0 Å². The Labute approximate surface area is 165 Å². The minimum atomic E-state index is -0.901. The largest absolute Gasteiger partial charge is 0.393 e. The number of ether oxygens (including phenoxy) is 1. The van der Waals surface area contributed by atoms with E-state index in [2.05, 4.69) is 5.32 Å². The van der Waals surface area contributed by atoms with Crippen LogP contribution in [0.1, 0.15) is 28.8 Å². The molecule has 1 aliphatic heterocycles. The summed E-state index contributed by atoms with van der Waals surface area (Å²) in [5.74, 6) is -1.57. The third-order valence-electron chi connectivity index (χ3n) is 5.04. The zero-order valence-corrected chi connectivity index (χ0v) is 15.7. The highest BCUT2D eigenvalue weighted by Gasteiger charge is 2.35. The van der Waals surface area contributed by atoms with Gasteiger partial charge in [0.25, 0.3) is 11.6 Å². The van der Waals surface area contributed by atoms with Gasteiger partial charge in [-0.3, -0.25) is 14.9 Å². The third kappa shape index (κ3) is 4.07. The molecule has 0 atom stereocenters. The number of nitro groups is 1. The molecule has 2 aromatic carbocycles. The molecule has 0 unspecified atom stereocenters. The molecule has 148 valence electrons. The zero-order chi connectivity index (χ0) is 20.3. The molecule has 0 aromatic heterocycles. The van der Waals surface area contributed by atoms with Crippen LogP contribution in [0.4, 0.5) is 15.8 Å². The van der Waals surface area contributed by atoms with E-state index in [1.807, 2.05) is 18.2 Å². The van der Waals surface area contributed by atoms with Crippen LogP contribution >= 0.6 is 11.6 Å². The molecule has 7 nitrogen and oxygen atoms in total. The van der Waals surface area contributed by atoms with E-state index in [1.165, 1.54) is 0 Å². The number of carbonyl (C=O) groups is 1. The lowest BCUT2D eigenvalue weighted by Crippen LogP contribution is -2.44. The lowest BCUT2D eigenvalue weighted by molar-refractivity contribution is -0.384. The average molecular weight is 408 g/mol. The molecule has 0 spiro atoms. The molecule has 0 saturated carbocycles. The number of hydrogen-bond acceptors (Lipinski definition) is 5. The molecule has 1 fully saturated rings. The van der Waals surface area contributed by atoms with E-state index < -0.39 is 27.8 Å². The number of anilines is 1. The maximum Gasteiger partial charge on any atom is 0.295 e. The summed E-state index contributed by atoms with van der Waals surface area (Å²) in [5, 5.41) is 14.4.